The Bertz CT molecular complexity index is 645. The van der Waals surface area contributed by atoms with E-state index in [0.29, 0.717) is 24.0 Å². The highest BCUT2D eigenvalue weighted by Gasteiger charge is 2.08. The maximum absolute atomic E-state index is 12.0. The lowest BCUT2D eigenvalue weighted by molar-refractivity contribution is 0.0946. The number of aromatic nitrogens is 2. The monoisotopic (exact) mass is 312 g/mol. The van der Waals surface area contributed by atoms with Gasteiger partial charge in [-0.2, -0.15) is 0 Å². The number of nitrogens with one attached hydrogen (secondary N) is 2. The van der Waals surface area contributed by atoms with E-state index in [2.05, 4.69) is 54.4 Å². The Morgan fingerprint density at radius 1 is 1.09 bits per heavy atom. The second kappa shape index (κ2) is 7.72. The molecule has 5 heteroatoms. The van der Waals surface area contributed by atoms with Gasteiger partial charge in [0.05, 0.1) is 12.4 Å². The molecule has 0 saturated heterocycles. The molecule has 0 aliphatic heterocycles. The van der Waals surface area contributed by atoms with Crippen LogP contribution in [0.25, 0.3) is 0 Å². The molecule has 0 saturated carbocycles. The number of benzene rings is 1. The Morgan fingerprint density at radius 2 is 1.78 bits per heavy atom. The molecule has 23 heavy (non-hydrogen) atoms. The third-order valence-corrected chi connectivity index (χ3v) is 3.39. The fourth-order valence-electron chi connectivity index (χ4n) is 2.27. The first kappa shape index (κ1) is 16.9. The first-order valence-corrected chi connectivity index (χ1v) is 7.89. The van der Waals surface area contributed by atoms with E-state index < -0.39 is 0 Å². The summed E-state index contributed by atoms with van der Waals surface area (Å²) in [5, 5.41) is 6.06. The summed E-state index contributed by atoms with van der Waals surface area (Å²) >= 11 is 0. The Kier molecular flexibility index (Phi) is 5.68. The third-order valence-electron chi connectivity index (χ3n) is 3.39. The molecule has 0 unspecified atom stereocenters. The van der Waals surface area contributed by atoms with Crippen LogP contribution in [-0.2, 0) is 0 Å². The summed E-state index contributed by atoms with van der Waals surface area (Å²) in [5.74, 6) is 0.996. The van der Waals surface area contributed by atoms with E-state index in [9.17, 15) is 4.79 Å². The van der Waals surface area contributed by atoms with Crippen molar-refractivity contribution in [3.8, 4) is 0 Å². The van der Waals surface area contributed by atoms with Crippen LogP contribution in [0.2, 0.25) is 0 Å². The van der Waals surface area contributed by atoms with Gasteiger partial charge >= 0.3 is 0 Å². The van der Waals surface area contributed by atoms with Crippen LogP contribution in [-0.4, -0.2) is 22.4 Å². The number of carbonyl (C=O) groups excluding carboxylic acids is 1. The lowest BCUT2D eigenvalue weighted by Crippen LogP contribution is -2.26. The molecule has 0 spiro atoms. The van der Waals surface area contributed by atoms with Crippen molar-refractivity contribution in [1.82, 2.24) is 15.3 Å². The van der Waals surface area contributed by atoms with Crippen molar-refractivity contribution < 1.29 is 4.79 Å². The molecule has 2 N–H and O–H groups in total. The minimum absolute atomic E-state index is 0.184. The Balaban J connectivity index is 1.97. The van der Waals surface area contributed by atoms with Gasteiger partial charge in [-0.1, -0.05) is 19.9 Å². The highest BCUT2D eigenvalue weighted by Crippen LogP contribution is 2.17. The highest BCUT2D eigenvalue weighted by atomic mass is 16.1. The van der Waals surface area contributed by atoms with Crippen LogP contribution in [0.5, 0.6) is 0 Å². The van der Waals surface area contributed by atoms with E-state index in [1.165, 1.54) is 17.3 Å². The van der Waals surface area contributed by atoms with Gasteiger partial charge in [0, 0.05) is 12.2 Å². The van der Waals surface area contributed by atoms with Crippen LogP contribution in [0.1, 0.15) is 41.9 Å². The molecular weight excluding hydrogens is 288 g/mol. The van der Waals surface area contributed by atoms with Crippen LogP contribution in [0.3, 0.4) is 0 Å². The predicted molar refractivity (Wildman–Crippen MR) is 93.0 cm³/mol. The van der Waals surface area contributed by atoms with E-state index >= 15 is 0 Å². The molecule has 1 heterocycles. The fraction of sp³-hybridized carbons (Fsp3) is 0.389. The third kappa shape index (κ3) is 5.36. The molecule has 122 valence electrons. The van der Waals surface area contributed by atoms with Crippen LogP contribution in [0.4, 0.5) is 11.5 Å². The van der Waals surface area contributed by atoms with Crippen molar-refractivity contribution in [3.05, 3.63) is 47.4 Å². The molecule has 1 amide bonds. The van der Waals surface area contributed by atoms with Gasteiger partial charge < -0.3 is 10.6 Å². The number of anilines is 2. The molecule has 1 aromatic heterocycles. The molecule has 5 nitrogen and oxygen atoms in total. The Morgan fingerprint density at radius 3 is 2.35 bits per heavy atom. The molecule has 2 rings (SSSR count). The first-order valence-electron chi connectivity index (χ1n) is 7.89. The lowest BCUT2D eigenvalue weighted by atomic mass is 10.1. The molecule has 0 radical (unpaired) electrons. The fourth-order valence-corrected chi connectivity index (χ4v) is 2.27. The zero-order valence-corrected chi connectivity index (χ0v) is 14.2. The summed E-state index contributed by atoms with van der Waals surface area (Å²) in [6.45, 7) is 9.00. The molecular formula is C18H24N4O. The number of rotatable bonds is 6. The maximum Gasteiger partial charge on any atom is 0.271 e. The number of hydrogen-bond donors (Lipinski definition) is 2. The number of nitrogens with zero attached hydrogens (tertiary/aromatic N) is 2. The number of amides is 1. The first-order chi connectivity index (χ1) is 10.9. The molecule has 1 aromatic carbocycles. The van der Waals surface area contributed by atoms with Gasteiger partial charge in [-0.05, 0) is 49.4 Å². The quantitative estimate of drug-likeness (QED) is 0.855. The minimum Gasteiger partial charge on any atom is -0.351 e. The predicted octanol–water partition coefficient (Wildman–Crippen LogP) is 3.61. The van der Waals surface area contributed by atoms with E-state index in [4.69, 9.17) is 0 Å². The summed E-state index contributed by atoms with van der Waals surface area (Å²) in [6.07, 6.45) is 4.02. The van der Waals surface area contributed by atoms with Crippen molar-refractivity contribution in [3.63, 3.8) is 0 Å². The van der Waals surface area contributed by atoms with E-state index in [1.807, 2.05) is 12.1 Å². The van der Waals surface area contributed by atoms with Gasteiger partial charge in [0.15, 0.2) is 0 Å². The standard InChI is InChI=1S/C18H24N4O/c1-12(2)5-6-19-18(23)16-10-21-17(11-20-16)22-15-8-13(3)7-14(4)9-15/h7-12H,5-6H2,1-4H3,(H,19,23)(H,21,22). The number of aryl methyl sites for hydroxylation is 2. The SMILES string of the molecule is Cc1cc(C)cc(Nc2cnc(C(=O)NCCC(C)C)cn2)c1. The minimum atomic E-state index is -0.184. The summed E-state index contributed by atoms with van der Waals surface area (Å²) in [7, 11) is 0. The largest absolute Gasteiger partial charge is 0.351 e. The smallest absolute Gasteiger partial charge is 0.271 e. The van der Waals surface area contributed by atoms with Crippen LogP contribution in [0, 0.1) is 19.8 Å². The zero-order valence-electron chi connectivity index (χ0n) is 14.2. The second-order valence-corrected chi connectivity index (χ2v) is 6.23. The summed E-state index contributed by atoms with van der Waals surface area (Å²) in [4.78, 5) is 20.4. The molecule has 0 atom stereocenters. The summed E-state index contributed by atoms with van der Waals surface area (Å²) in [6, 6.07) is 6.20. The molecule has 0 aliphatic rings. The van der Waals surface area contributed by atoms with Crippen molar-refractivity contribution in [2.24, 2.45) is 5.92 Å². The summed E-state index contributed by atoms with van der Waals surface area (Å²) in [5.41, 5.74) is 3.66. The average molecular weight is 312 g/mol. The normalized spacial score (nSPS) is 10.7. The lowest BCUT2D eigenvalue weighted by Gasteiger charge is -2.09. The van der Waals surface area contributed by atoms with Crippen molar-refractivity contribution in [1.29, 1.82) is 0 Å². The van der Waals surface area contributed by atoms with Crippen molar-refractivity contribution in [2.45, 2.75) is 34.1 Å². The van der Waals surface area contributed by atoms with Gasteiger partial charge in [0.25, 0.3) is 5.91 Å². The Labute approximate surface area is 137 Å². The molecule has 2 aromatic rings. The average Bonchev–Trinajstić information content (AvgIpc) is 2.46. The zero-order chi connectivity index (χ0) is 16.8. The number of carbonyl (C=O) groups is 1. The molecule has 0 aliphatic carbocycles. The van der Waals surface area contributed by atoms with Gasteiger partial charge in [-0.15, -0.1) is 0 Å². The molecule has 0 bridgehead atoms. The topological polar surface area (TPSA) is 66.9 Å². The van der Waals surface area contributed by atoms with Gasteiger partial charge in [0.1, 0.15) is 11.5 Å². The second-order valence-electron chi connectivity index (χ2n) is 6.23. The Hall–Kier alpha value is -2.43. The maximum atomic E-state index is 12.0. The van der Waals surface area contributed by atoms with Crippen LogP contribution >= 0.6 is 0 Å². The van der Waals surface area contributed by atoms with E-state index in [-0.39, 0.29) is 5.91 Å². The van der Waals surface area contributed by atoms with Crippen LogP contribution < -0.4 is 10.6 Å². The van der Waals surface area contributed by atoms with Crippen molar-refractivity contribution in [2.75, 3.05) is 11.9 Å². The highest BCUT2D eigenvalue weighted by molar-refractivity contribution is 5.92. The van der Waals surface area contributed by atoms with E-state index in [0.717, 1.165) is 12.1 Å². The van der Waals surface area contributed by atoms with Crippen molar-refractivity contribution >= 4 is 17.4 Å². The van der Waals surface area contributed by atoms with E-state index in [1.54, 1.807) is 6.20 Å². The van der Waals surface area contributed by atoms with Gasteiger partial charge in [-0.25, -0.2) is 9.97 Å². The molecule has 0 fully saturated rings. The van der Waals surface area contributed by atoms with Crippen LogP contribution in [0.15, 0.2) is 30.6 Å². The van der Waals surface area contributed by atoms with Gasteiger partial charge in [0.2, 0.25) is 0 Å². The number of hydrogen-bond acceptors (Lipinski definition) is 4. The van der Waals surface area contributed by atoms with Gasteiger partial charge in [-0.3, -0.25) is 4.79 Å². The summed E-state index contributed by atoms with van der Waals surface area (Å²) < 4.78 is 0.